The van der Waals surface area contributed by atoms with Gasteiger partial charge in [0, 0.05) is 24.4 Å². The Hall–Kier alpha value is -1.59. The largest absolute Gasteiger partial charge is 0.468 e. The molecule has 1 aliphatic heterocycles. The summed E-state index contributed by atoms with van der Waals surface area (Å²) in [5, 5.41) is 0. The summed E-state index contributed by atoms with van der Waals surface area (Å²) in [6.45, 7) is 8.06. The predicted molar refractivity (Wildman–Crippen MR) is 74.4 cm³/mol. The van der Waals surface area contributed by atoms with Crippen molar-refractivity contribution in [3.05, 3.63) is 36.1 Å². The van der Waals surface area contributed by atoms with Crippen molar-refractivity contribution < 1.29 is 14.3 Å². The van der Waals surface area contributed by atoms with Gasteiger partial charge in [-0.3, -0.25) is 4.90 Å². The number of nitrogens with zero attached hydrogens (tertiary/aromatic N) is 1. The van der Waals surface area contributed by atoms with Crippen LogP contribution in [0.4, 0.5) is 0 Å². The molecule has 0 aromatic carbocycles. The number of allylic oxidation sites excluding steroid dienone is 3. The minimum atomic E-state index is -0.511. The van der Waals surface area contributed by atoms with Crippen LogP contribution in [0, 0.1) is 0 Å². The molecule has 0 saturated carbocycles. The second-order valence-corrected chi connectivity index (χ2v) is 4.18. The molecule has 0 aromatic rings. The van der Waals surface area contributed by atoms with Crippen LogP contribution < -0.4 is 5.73 Å². The lowest BCUT2D eigenvalue weighted by Gasteiger charge is -2.34. The van der Waals surface area contributed by atoms with Crippen LogP contribution in [0.25, 0.3) is 0 Å². The second kappa shape index (κ2) is 7.76. The lowest BCUT2D eigenvalue weighted by Crippen LogP contribution is -2.49. The van der Waals surface area contributed by atoms with E-state index in [-0.39, 0.29) is 5.97 Å². The molecule has 1 aliphatic rings. The average molecular weight is 266 g/mol. The molecule has 1 heterocycles. The molecule has 1 saturated heterocycles. The van der Waals surface area contributed by atoms with Crippen molar-refractivity contribution in [1.29, 1.82) is 0 Å². The summed E-state index contributed by atoms with van der Waals surface area (Å²) < 4.78 is 10.2. The molecule has 0 radical (unpaired) electrons. The molecular weight excluding hydrogens is 244 g/mol. The fourth-order valence-corrected chi connectivity index (χ4v) is 2.06. The van der Waals surface area contributed by atoms with Gasteiger partial charge in [0.15, 0.2) is 0 Å². The van der Waals surface area contributed by atoms with Crippen LogP contribution in [0.15, 0.2) is 36.1 Å². The van der Waals surface area contributed by atoms with E-state index in [1.54, 1.807) is 18.2 Å². The molecule has 1 rings (SSSR count). The van der Waals surface area contributed by atoms with E-state index in [0.29, 0.717) is 37.6 Å². The normalized spacial score (nSPS) is 19.9. The molecule has 0 aromatic heterocycles. The lowest BCUT2D eigenvalue weighted by molar-refractivity contribution is -0.146. The molecule has 1 fully saturated rings. The van der Waals surface area contributed by atoms with Gasteiger partial charge in [-0.05, 0) is 6.92 Å². The maximum atomic E-state index is 12.1. The van der Waals surface area contributed by atoms with E-state index in [0.717, 1.165) is 0 Å². The van der Waals surface area contributed by atoms with Gasteiger partial charge in [-0.2, -0.15) is 0 Å². The van der Waals surface area contributed by atoms with Crippen molar-refractivity contribution in [2.45, 2.75) is 13.0 Å². The Labute approximate surface area is 114 Å². The van der Waals surface area contributed by atoms with Crippen molar-refractivity contribution in [2.24, 2.45) is 5.73 Å². The highest BCUT2D eigenvalue weighted by molar-refractivity contribution is 5.81. The summed E-state index contributed by atoms with van der Waals surface area (Å²) in [4.78, 5) is 14.1. The molecule has 0 amide bonds. The topological polar surface area (TPSA) is 64.8 Å². The third kappa shape index (κ3) is 3.94. The zero-order valence-electron chi connectivity index (χ0n) is 11.6. The van der Waals surface area contributed by atoms with E-state index in [9.17, 15) is 4.79 Å². The number of nitrogens with two attached hydrogens (primary N) is 1. The van der Waals surface area contributed by atoms with E-state index in [1.165, 1.54) is 7.11 Å². The third-order valence-electron chi connectivity index (χ3n) is 3.07. The van der Waals surface area contributed by atoms with Crippen LogP contribution in [0.3, 0.4) is 0 Å². The maximum Gasteiger partial charge on any atom is 0.327 e. The van der Waals surface area contributed by atoms with Crippen LogP contribution in [0.1, 0.15) is 6.92 Å². The summed E-state index contributed by atoms with van der Waals surface area (Å²) in [5.74, 6) is -0.320. The van der Waals surface area contributed by atoms with Gasteiger partial charge in [-0.1, -0.05) is 24.8 Å². The molecule has 0 spiro atoms. The molecule has 1 atom stereocenters. The maximum absolute atomic E-state index is 12.1. The number of ether oxygens (including phenoxy) is 2. The Morgan fingerprint density at radius 2 is 2.11 bits per heavy atom. The van der Waals surface area contributed by atoms with E-state index >= 15 is 0 Å². The zero-order chi connectivity index (χ0) is 14.3. The number of esters is 1. The first-order chi connectivity index (χ1) is 9.15. The summed E-state index contributed by atoms with van der Waals surface area (Å²) in [5.41, 5.74) is 7.25. The second-order valence-electron chi connectivity index (χ2n) is 4.18. The van der Waals surface area contributed by atoms with Gasteiger partial charge in [0.2, 0.25) is 0 Å². The number of hydrogen-bond donors (Lipinski definition) is 1. The average Bonchev–Trinajstić information content (AvgIpc) is 2.46. The van der Waals surface area contributed by atoms with E-state index in [2.05, 4.69) is 6.58 Å². The van der Waals surface area contributed by atoms with Crippen LogP contribution in [-0.4, -0.2) is 50.3 Å². The van der Waals surface area contributed by atoms with E-state index < -0.39 is 6.04 Å². The Bertz CT molecular complexity index is 382. The van der Waals surface area contributed by atoms with Gasteiger partial charge in [-0.15, -0.1) is 0 Å². The van der Waals surface area contributed by atoms with Crippen LogP contribution in [0.2, 0.25) is 0 Å². The molecular formula is C14H22N2O3. The van der Waals surface area contributed by atoms with Crippen molar-refractivity contribution >= 4 is 5.97 Å². The van der Waals surface area contributed by atoms with Gasteiger partial charge >= 0.3 is 5.97 Å². The molecule has 0 aliphatic carbocycles. The molecule has 106 valence electrons. The standard InChI is InChI=1S/C14H22N2O3/c1-4-6-11(12(15)5-2)13(14(17)18-3)16-7-9-19-10-8-16/h4-6,13H,1,7-10,15H2,2-3H3/b11-6+,12-5+. The summed E-state index contributed by atoms with van der Waals surface area (Å²) >= 11 is 0. The lowest BCUT2D eigenvalue weighted by atomic mass is 10.0. The fraction of sp³-hybridized carbons (Fsp3) is 0.500. The van der Waals surface area contributed by atoms with Gasteiger partial charge in [0.25, 0.3) is 0 Å². The molecule has 0 bridgehead atoms. The van der Waals surface area contributed by atoms with Gasteiger partial charge in [-0.25, -0.2) is 4.79 Å². The van der Waals surface area contributed by atoms with E-state index in [1.807, 2.05) is 11.8 Å². The Balaban J connectivity index is 3.09. The first-order valence-corrected chi connectivity index (χ1v) is 6.30. The summed E-state index contributed by atoms with van der Waals surface area (Å²) in [6.07, 6.45) is 5.15. The molecule has 2 N–H and O–H groups in total. The Morgan fingerprint density at radius 3 is 2.58 bits per heavy atom. The first-order valence-electron chi connectivity index (χ1n) is 6.30. The zero-order valence-corrected chi connectivity index (χ0v) is 11.6. The highest BCUT2D eigenvalue weighted by Gasteiger charge is 2.32. The fourth-order valence-electron chi connectivity index (χ4n) is 2.06. The van der Waals surface area contributed by atoms with Crippen LogP contribution in [-0.2, 0) is 14.3 Å². The Kier molecular flexibility index (Phi) is 6.32. The molecule has 5 heteroatoms. The molecule has 5 nitrogen and oxygen atoms in total. The minimum absolute atomic E-state index is 0.320. The van der Waals surface area contributed by atoms with Crippen molar-refractivity contribution in [3.63, 3.8) is 0 Å². The van der Waals surface area contributed by atoms with Crippen molar-refractivity contribution in [1.82, 2.24) is 4.90 Å². The first kappa shape index (κ1) is 15.5. The number of hydrogen-bond acceptors (Lipinski definition) is 5. The monoisotopic (exact) mass is 266 g/mol. The number of methoxy groups -OCH3 is 1. The van der Waals surface area contributed by atoms with Crippen molar-refractivity contribution in [3.8, 4) is 0 Å². The highest BCUT2D eigenvalue weighted by atomic mass is 16.5. The summed E-state index contributed by atoms with van der Waals surface area (Å²) in [7, 11) is 1.38. The van der Waals surface area contributed by atoms with Crippen LogP contribution >= 0.6 is 0 Å². The molecule has 19 heavy (non-hydrogen) atoms. The SMILES string of the molecule is C=C/C=C(\C(N)=C/C)C(C(=O)OC)N1CCOCC1. The minimum Gasteiger partial charge on any atom is -0.468 e. The number of carbonyl (C=O) groups excluding carboxylic acids is 1. The Morgan fingerprint density at radius 1 is 1.47 bits per heavy atom. The molecule has 1 unspecified atom stereocenters. The van der Waals surface area contributed by atoms with Crippen LogP contribution in [0.5, 0.6) is 0 Å². The summed E-state index contributed by atoms with van der Waals surface area (Å²) in [6, 6.07) is -0.511. The quantitative estimate of drug-likeness (QED) is 0.590. The van der Waals surface area contributed by atoms with Gasteiger partial charge < -0.3 is 15.2 Å². The third-order valence-corrected chi connectivity index (χ3v) is 3.07. The number of carbonyl (C=O) groups is 1. The van der Waals surface area contributed by atoms with Gasteiger partial charge in [0.05, 0.1) is 20.3 Å². The number of morpholine rings is 1. The predicted octanol–water partition coefficient (Wildman–Crippen LogP) is 0.835. The van der Waals surface area contributed by atoms with E-state index in [4.69, 9.17) is 15.2 Å². The smallest absolute Gasteiger partial charge is 0.327 e. The van der Waals surface area contributed by atoms with Crippen molar-refractivity contribution in [2.75, 3.05) is 33.4 Å². The highest BCUT2D eigenvalue weighted by Crippen LogP contribution is 2.19. The number of rotatable bonds is 5. The van der Waals surface area contributed by atoms with Gasteiger partial charge in [0.1, 0.15) is 6.04 Å².